The van der Waals surface area contributed by atoms with E-state index in [0.717, 1.165) is 64.6 Å². The highest BCUT2D eigenvalue weighted by Crippen LogP contribution is 2.57. The van der Waals surface area contributed by atoms with Gasteiger partial charge in [0.1, 0.15) is 10.4 Å². The fourth-order valence-electron chi connectivity index (χ4n) is 5.13. The quantitative estimate of drug-likeness (QED) is 0.812. The molecule has 6 heteroatoms. The van der Waals surface area contributed by atoms with E-state index < -0.39 is 5.41 Å². The molecular weight excluding hydrogens is 344 g/mol. The number of carbonyl (C=O) groups excluding carboxylic acids is 1. The number of piperidine rings is 1. The van der Waals surface area contributed by atoms with Gasteiger partial charge in [0.25, 0.3) is 0 Å². The SMILES string of the molecule is CN(Cc1nccs1)[C@@H]1CC12CCN(C(=O)C1(C#N)CCCCC1)CC2. The maximum atomic E-state index is 13.1. The number of hydrogen-bond acceptors (Lipinski definition) is 5. The van der Waals surface area contributed by atoms with Gasteiger partial charge in [-0.25, -0.2) is 4.98 Å². The fraction of sp³-hybridized carbons (Fsp3) is 0.750. The molecule has 1 aromatic rings. The standard InChI is InChI=1S/C20H28N4OS/c1-23(14-17-22-9-12-26-17)16-13-19(16)7-10-24(11-8-19)18(25)20(15-21)5-3-2-4-6-20/h9,12,16H,2-8,10-11,13-14H2,1H3/t16-/m1/s1. The first-order valence-electron chi connectivity index (χ1n) is 9.88. The lowest BCUT2D eigenvalue weighted by molar-refractivity contribution is -0.142. The average Bonchev–Trinajstić information content (AvgIpc) is 3.12. The molecule has 3 fully saturated rings. The average molecular weight is 373 g/mol. The summed E-state index contributed by atoms with van der Waals surface area (Å²) in [7, 11) is 2.20. The number of amides is 1. The van der Waals surface area contributed by atoms with E-state index >= 15 is 0 Å². The molecule has 4 rings (SSSR count). The van der Waals surface area contributed by atoms with E-state index in [2.05, 4.69) is 23.0 Å². The summed E-state index contributed by atoms with van der Waals surface area (Å²) in [4.78, 5) is 21.9. The molecule has 2 saturated carbocycles. The van der Waals surface area contributed by atoms with Gasteiger partial charge in [-0.05, 0) is 44.6 Å². The van der Waals surface area contributed by atoms with E-state index in [1.807, 2.05) is 16.5 Å². The van der Waals surface area contributed by atoms with Crippen LogP contribution >= 0.6 is 11.3 Å². The van der Waals surface area contributed by atoms with Crippen molar-refractivity contribution in [3.63, 3.8) is 0 Å². The Kier molecular flexibility index (Phi) is 4.79. The molecule has 0 unspecified atom stereocenters. The summed E-state index contributed by atoms with van der Waals surface area (Å²) in [6, 6.07) is 3.01. The van der Waals surface area contributed by atoms with Crippen LogP contribution in [0.25, 0.3) is 0 Å². The number of aromatic nitrogens is 1. The zero-order chi connectivity index (χ0) is 18.2. The molecule has 5 nitrogen and oxygen atoms in total. The Bertz CT molecular complexity index is 681. The third kappa shape index (κ3) is 3.16. The summed E-state index contributed by atoms with van der Waals surface area (Å²) in [5, 5.41) is 12.9. The summed E-state index contributed by atoms with van der Waals surface area (Å²) in [6.07, 6.45) is 9.96. The van der Waals surface area contributed by atoms with E-state index in [9.17, 15) is 10.1 Å². The predicted molar refractivity (Wildman–Crippen MR) is 101 cm³/mol. The Morgan fingerprint density at radius 1 is 1.35 bits per heavy atom. The monoisotopic (exact) mass is 372 g/mol. The van der Waals surface area contributed by atoms with Crippen LogP contribution in [0.3, 0.4) is 0 Å². The lowest BCUT2D eigenvalue weighted by Gasteiger charge is -2.39. The minimum atomic E-state index is -0.729. The summed E-state index contributed by atoms with van der Waals surface area (Å²) in [5.41, 5.74) is -0.345. The van der Waals surface area contributed by atoms with Crippen molar-refractivity contribution < 1.29 is 4.79 Å². The highest BCUT2D eigenvalue weighted by atomic mass is 32.1. The van der Waals surface area contributed by atoms with Gasteiger partial charge in [-0.15, -0.1) is 11.3 Å². The van der Waals surface area contributed by atoms with Crippen molar-refractivity contribution in [1.29, 1.82) is 5.26 Å². The Hall–Kier alpha value is -1.45. The van der Waals surface area contributed by atoms with Crippen LogP contribution in [0.5, 0.6) is 0 Å². The minimum Gasteiger partial charge on any atom is -0.341 e. The van der Waals surface area contributed by atoms with Crippen molar-refractivity contribution in [3.05, 3.63) is 16.6 Å². The summed E-state index contributed by atoms with van der Waals surface area (Å²) >= 11 is 1.72. The molecule has 140 valence electrons. The third-order valence-corrected chi connectivity index (χ3v) is 7.69. The van der Waals surface area contributed by atoms with Crippen molar-refractivity contribution in [2.24, 2.45) is 10.8 Å². The molecule has 2 heterocycles. The molecule has 1 aliphatic heterocycles. The molecule has 1 atom stereocenters. The first-order valence-corrected chi connectivity index (χ1v) is 10.8. The number of carbonyl (C=O) groups is 1. The van der Waals surface area contributed by atoms with E-state index in [1.54, 1.807) is 11.3 Å². The van der Waals surface area contributed by atoms with Crippen LogP contribution in [0.1, 0.15) is 56.4 Å². The van der Waals surface area contributed by atoms with Crippen molar-refractivity contribution in [3.8, 4) is 6.07 Å². The van der Waals surface area contributed by atoms with E-state index in [1.165, 1.54) is 11.4 Å². The lowest BCUT2D eigenvalue weighted by atomic mass is 9.73. The maximum Gasteiger partial charge on any atom is 0.243 e. The second-order valence-electron chi connectivity index (χ2n) is 8.47. The number of hydrogen-bond donors (Lipinski definition) is 0. The smallest absolute Gasteiger partial charge is 0.243 e. The highest BCUT2D eigenvalue weighted by Gasteiger charge is 2.57. The van der Waals surface area contributed by atoms with Gasteiger partial charge in [0.2, 0.25) is 5.91 Å². The number of nitriles is 1. The largest absolute Gasteiger partial charge is 0.341 e. The van der Waals surface area contributed by atoms with Gasteiger partial charge in [0, 0.05) is 30.7 Å². The number of rotatable bonds is 4. The number of likely N-dealkylation sites (tertiary alicyclic amines) is 1. The Balaban J connectivity index is 1.33. The van der Waals surface area contributed by atoms with Crippen molar-refractivity contribution in [2.75, 3.05) is 20.1 Å². The highest BCUT2D eigenvalue weighted by molar-refractivity contribution is 7.09. The van der Waals surface area contributed by atoms with Crippen molar-refractivity contribution in [1.82, 2.24) is 14.8 Å². The van der Waals surface area contributed by atoms with E-state index in [4.69, 9.17) is 0 Å². The number of nitrogens with zero attached hydrogens (tertiary/aromatic N) is 4. The Morgan fingerprint density at radius 3 is 2.69 bits per heavy atom. The topological polar surface area (TPSA) is 60.2 Å². The molecule has 2 aliphatic carbocycles. The van der Waals surface area contributed by atoms with Gasteiger partial charge in [-0.2, -0.15) is 5.26 Å². The molecule has 1 spiro atoms. The molecule has 1 saturated heterocycles. The zero-order valence-corrected chi connectivity index (χ0v) is 16.4. The molecule has 26 heavy (non-hydrogen) atoms. The normalized spacial score (nSPS) is 26.7. The van der Waals surface area contributed by atoms with E-state index in [-0.39, 0.29) is 5.91 Å². The zero-order valence-electron chi connectivity index (χ0n) is 15.6. The molecule has 0 bridgehead atoms. The lowest BCUT2D eigenvalue weighted by Crippen LogP contribution is -2.48. The fourth-order valence-corrected chi connectivity index (χ4v) is 5.81. The molecular formula is C20H28N4OS. The van der Waals surface area contributed by atoms with Crippen molar-refractivity contribution >= 4 is 17.2 Å². The third-order valence-electron chi connectivity index (χ3n) is 6.92. The van der Waals surface area contributed by atoms with Crippen LogP contribution in [0, 0.1) is 22.2 Å². The second kappa shape index (κ2) is 6.94. The summed E-state index contributed by atoms with van der Waals surface area (Å²) < 4.78 is 0. The van der Waals surface area contributed by atoms with E-state index in [0.29, 0.717) is 11.5 Å². The predicted octanol–water partition coefficient (Wildman–Crippen LogP) is 3.43. The van der Waals surface area contributed by atoms with Gasteiger partial charge in [0.05, 0.1) is 12.6 Å². The molecule has 0 aromatic carbocycles. The Morgan fingerprint density at radius 2 is 2.08 bits per heavy atom. The van der Waals surface area contributed by atoms with Crippen LogP contribution in [-0.4, -0.2) is 46.9 Å². The molecule has 0 N–H and O–H groups in total. The minimum absolute atomic E-state index is 0.114. The first kappa shape index (κ1) is 17.9. The first-order chi connectivity index (χ1) is 12.6. The van der Waals surface area contributed by atoms with Crippen LogP contribution in [-0.2, 0) is 11.3 Å². The van der Waals surface area contributed by atoms with Gasteiger partial charge in [-0.3, -0.25) is 9.69 Å². The number of thiazole rings is 1. The molecule has 3 aliphatic rings. The second-order valence-corrected chi connectivity index (χ2v) is 9.45. The summed E-state index contributed by atoms with van der Waals surface area (Å²) in [5.74, 6) is 0.114. The van der Waals surface area contributed by atoms with Crippen LogP contribution in [0.15, 0.2) is 11.6 Å². The van der Waals surface area contributed by atoms with Gasteiger partial charge >= 0.3 is 0 Å². The summed E-state index contributed by atoms with van der Waals surface area (Å²) in [6.45, 7) is 2.57. The van der Waals surface area contributed by atoms with Crippen LogP contribution < -0.4 is 0 Å². The van der Waals surface area contributed by atoms with Gasteiger partial charge in [-0.1, -0.05) is 19.3 Å². The van der Waals surface area contributed by atoms with Crippen molar-refractivity contribution in [2.45, 2.75) is 64.0 Å². The molecule has 0 radical (unpaired) electrons. The Labute approximate surface area is 160 Å². The van der Waals surface area contributed by atoms with Crippen LogP contribution in [0.4, 0.5) is 0 Å². The van der Waals surface area contributed by atoms with Gasteiger partial charge < -0.3 is 4.90 Å². The molecule has 1 aromatic heterocycles. The maximum absolute atomic E-state index is 13.1. The molecule has 1 amide bonds. The van der Waals surface area contributed by atoms with Crippen LogP contribution in [0.2, 0.25) is 0 Å². The van der Waals surface area contributed by atoms with Gasteiger partial charge in [0.15, 0.2) is 0 Å².